The standard InChI is InChI=1S/C14H23N3O/c1-11-9-17(6-7-18-11)13-4-5-14(8-13,10-15)16-12-2-3-12/h11-13,16H,2-9H2,1H3. The quantitative estimate of drug-likeness (QED) is 0.818. The van der Waals surface area contributed by atoms with Crippen molar-refractivity contribution >= 4 is 0 Å². The Balaban J connectivity index is 1.60. The molecule has 3 unspecified atom stereocenters. The van der Waals surface area contributed by atoms with Crippen LogP contribution in [0.1, 0.15) is 39.0 Å². The second kappa shape index (κ2) is 4.80. The van der Waals surface area contributed by atoms with Crippen LogP contribution in [0.25, 0.3) is 0 Å². The van der Waals surface area contributed by atoms with Crippen molar-refractivity contribution in [2.24, 2.45) is 0 Å². The minimum absolute atomic E-state index is 0.243. The lowest BCUT2D eigenvalue weighted by Gasteiger charge is -2.36. The van der Waals surface area contributed by atoms with Crippen LogP contribution in [0.3, 0.4) is 0 Å². The number of morpholine rings is 1. The average Bonchev–Trinajstić information content (AvgIpc) is 3.07. The molecule has 1 aliphatic heterocycles. The van der Waals surface area contributed by atoms with Crippen molar-refractivity contribution in [3.05, 3.63) is 0 Å². The van der Waals surface area contributed by atoms with Crippen LogP contribution in [-0.4, -0.2) is 48.3 Å². The fourth-order valence-corrected chi connectivity index (χ4v) is 3.39. The lowest BCUT2D eigenvalue weighted by Crippen LogP contribution is -2.48. The molecule has 100 valence electrons. The number of rotatable bonds is 3. The van der Waals surface area contributed by atoms with Gasteiger partial charge in [-0.1, -0.05) is 0 Å². The number of nitrogens with zero attached hydrogens (tertiary/aromatic N) is 2. The van der Waals surface area contributed by atoms with Gasteiger partial charge in [-0.2, -0.15) is 5.26 Å². The van der Waals surface area contributed by atoms with E-state index in [9.17, 15) is 5.26 Å². The molecule has 1 saturated heterocycles. The van der Waals surface area contributed by atoms with Crippen LogP contribution in [0.2, 0.25) is 0 Å². The number of nitrogens with one attached hydrogen (secondary N) is 1. The Bertz CT molecular complexity index is 349. The van der Waals surface area contributed by atoms with E-state index >= 15 is 0 Å². The average molecular weight is 249 g/mol. The van der Waals surface area contributed by atoms with E-state index in [0.29, 0.717) is 18.2 Å². The third-order valence-electron chi connectivity index (χ3n) is 4.55. The van der Waals surface area contributed by atoms with Gasteiger partial charge in [-0.25, -0.2) is 0 Å². The first-order valence-corrected chi connectivity index (χ1v) is 7.25. The van der Waals surface area contributed by atoms with Crippen LogP contribution in [0.15, 0.2) is 0 Å². The van der Waals surface area contributed by atoms with Crippen LogP contribution in [-0.2, 0) is 4.74 Å². The molecule has 3 fully saturated rings. The van der Waals surface area contributed by atoms with Gasteiger partial charge in [-0.15, -0.1) is 0 Å². The van der Waals surface area contributed by atoms with Crippen molar-refractivity contribution < 1.29 is 4.74 Å². The van der Waals surface area contributed by atoms with Gasteiger partial charge in [0.15, 0.2) is 0 Å². The van der Waals surface area contributed by atoms with Gasteiger partial charge < -0.3 is 4.74 Å². The summed E-state index contributed by atoms with van der Waals surface area (Å²) in [6.45, 7) is 5.03. The highest BCUT2D eigenvalue weighted by Crippen LogP contribution is 2.36. The minimum atomic E-state index is -0.243. The van der Waals surface area contributed by atoms with E-state index in [1.165, 1.54) is 12.8 Å². The monoisotopic (exact) mass is 249 g/mol. The van der Waals surface area contributed by atoms with E-state index in [-0.39, 0.29) is 5.54 Å². The number of hydrogen-bond donors (Lipinski definition) is 1. The summed E-state index contributed by atoms with van der Waals surface area (Å²) >= 11 is 0. The molecule has 0 aromatic heterocycles. The number of hydrogen-bond acceptors (Lipinski definition) is 4. The maximum Gasteiger partial charge on any atom is 0.108 e. The van der Waals surface area contributed by atoms with Crippen LogP contribution >= 0.6 is 0 Å². The van der Waals surface area contributed by atoms with Crippen molar-refractivity contribution in [1.29, 1.82) is 5.26 Å². The van der Waals surface area contributed by atoms with Crippen molar-refractivity contribution in [3.63, 3.8) is 0 Å². The normalized spacial score (nSPS) is 41.8. The van der Waals surface area contributed by atoms with Gasteiger partial charge in [0.2, 0.25) is 0 Å². The Hall–Kier alpha value is -0.630. The molecule has 3 atom stereocenters. The third-order valence-corrected chi connectivity index (χ3v) is 4.55. The Kier molecular flexibility index (Phi) is 3.31. The van der Waals surface area contributed by atoms with E-state index in [2.05, 4.69) is 23.2 Å². The molecule has 0 amide bonds. The molecular formula is C14H23N3O. The van der Waals surface area contributed by atoms with Crippen molar-refractivity contribution in [2.75, 3.05) is 19.7 Å². The largest absolute Gasteiger partial charge is 0.376 e. The predicted octanol–water partition coefficient (Wildman–Crippen LogP) is 1.27. The molecule has 3 aliphatic rings. The summed E-state index contributed by atoms with van der Waals surface area (Å²) in [7, 11) is 0. The first kappa shape index (κ1) is 12.4. The first-order chi connectivity index (χ1) is 8.71. The SMILES string of the molecule is CC1CN(C2CCC(C#N)(NC3CC3)C2)CCO1. The van der Waals surface area contributed by atoms with Crippen LogP contribution in [0.5, 0.6) is 0 Å². The van der Waals surface area contributed by atoms with Gasteiger partial charge >= 0.3 is 0 Å². The van der Waals surface area contributed by atoms with Crippen molar-refractivity contribution in [3.8, 4) is 6.07 Å². The summed E-state index contributed by atoms with van der Waals surface area (Å²) in [5.74, 6) is 0. The van der Waals surface area contributed by atoms with Gasteiger partial charge in [0.1, 0.15) is 5.54 Å². The third kappa shape index (κ3) is 2.54. The van der Waals surface area contributed by atoms with Crippen LogP contribution < -0.4 is 5.32 Å². The van der Waals surface area contributed by atoms with Gasteiger partial charge in [-0.3, -0.25) is 10.2 Å². The van der Waals surface area contributed by atoms with Crippen LogP contribution in [0, 0.1) is 11.3 Å². The topological polar surface area (TPSA) is 48.3 Å². The molecule has 2 aliphatic carbocycles. The summed E-state index contributed by atoms with van der Waals surface area (Å²) in [6.07, 6.45) is 6.00. The Morgan fingerprint density at radius 1 is 1.39 bits per heavy atom. The van der Waals surface area contributed by atoms with E-state index in [1.807, 2.05) is 0 Å². The van der Waals surface area contributed by atoms with Gasteiger partial charge in [-0.05, 0) is 39.0 Å². The minimum Gasteiger partial charge on any atom is -0.376 e. The van der Waals surface area contributed by atoms with Gasteiger partial charge in [0, 0.05) is 25.2 Å². The summed E-state index contributed by atoms with van der Waals surface area (Å²) in [4.78, 5) is 2.53. The highest BCUT2D eigenvalue weighted by molar-refractivity contribution is 5.15. The zero-order valence-corrected chi connectivity index (χ0v) is 11.2. The molecule has 0 bridgehead atoms. The fraction of sp³-hybridized carbons (Fsp3) is 0.929. The molecule has 1 N–H and O–H groups in total. The molecule has 4 heteroatoms. The molecule has 3 rings (SSSR count). The maximum absolute atomic E-state index is 9.51. The molecule has 4 nitrogen and oxygen atoms in total. The van der Waals surface area contributed by atoms with Gasteiger partial charge in [0.05, 0.1) is 18.8 Å². The molecule has 2 saturated carbocycles. The molecule has 0 aromatic rings. The summed E-state index contributed by atoms with van der Waals surface area (Å²) < 4.78 is 5.60. The Morgan fingerprint density at radius 2 is 2.22 bits per heavy atom. The highest BCUT2D eigenvalue weighted by Gasteiger charge is 2.44. The van der Waals surface area contributed by atoms with E-state index < -0.39 is 0 Å². The summed E-state index contributed by atoms with van der Waals surface area (Å²) in [5.41, 5.74) is -0.243. The second-order valence-electron chi connectivity index (χ2n) is 6.19. The van der Waals surface area contributed by atoms with Crippen molar-refractivity contribution in [2.45, 2.75) is 62.8 Å². The van der Waals surface area contributed by atoms with Crippen molar-refractivity contribution in [1.82, 2.24) is 10.2 Å². The lowest BCUT2D eigenvalue weighted by atomic mass is 9.99. The fourth-order valence-electron chi connectivity index (χ4n) is 3.39. The lowest BCUT2D eigenvalue weighted by molar-refractivity contribution is -0.0336. The zero-order valence-electron chi connectivity index (χ0n) is 11.2. The molecule has 0 spiro atoms. The molecular weight excluding hydrogens is 226 g/mol. The summed E-state index contributed by atoms with van der Waals surface area (Å²) in [5, 5.41) is 13.1. The highest BCUT2D eigenvalue weighted by atomic mass is 16.5. The number of nitriles is 1. The summed E-state index contributed by atoms with van der Waals surface area (Å²) in [6, 6.07) is 3.75. The van der Waals surface area contributed by atoms with Gasteiger partial charge in [0.25, 0.3) is 0 Å². The molecule has 0 aromatic carbocycles. The zero-order chi connectivity index (χ0) is 12.6. The number of ether oxygens (including phenoxy) is 1. The van der Waals surface area contributed by atoms with Crippen LogP contribution in [0.4, 0.5) is 0 Å². The van der Waals surface area contributed by atoms with E-state index in [4.69, 9.17) is 4.74 Å². The Morgan fingerprint density at radius 3 is 2.89 bits per heavy atom. The smallest absolute Gasteiger partial charge is 0.108 e. The predicted molar refractivity (Wildman–Crippen MR) is 69.1 cm³/mol. The molecule has 18 heavy (non-hydrogen) atoms. The Labute approximate surface area is 109 Å². The second-order valence-corrected chi connectivity index (χ2v) is 6.19. The molecule has 0 radical (unpaired) electrons. The van der Waals surface area contributed by atoms with E-state index in [0.717, 1.165) is 39.0 Å². The first-order valence-electron chi connectivity index (χ1n) is 7.25. The van der Waals surface area contributed by atoms with E-state index in [1.54, 1.807) is 0 Å². The maximum atomic E-state index is 9.51. The molecule has 1 heterocycles.